The summed E-state index contributed by atoms with van der Waals surface area (Å²) in [6.07, 6.45) is -2.33. The Morgan fingerprint density at radius 1 is 0.960 bits per heavy atom. The van der Waals surface area contributed by atoms with Crippen molar-refractivity contribution in [2.24, 2.45) is 0 Å². The molecule has 0 saturated carbocycles. The fraction of sp³-hybridized carbons (Fsp3) is 0.263. The van der Waals surface area contributed by atoms with Gasteiger partial charge in [-0.2, -0.15) is 0 Å². The van der Waals surface area contributed by atoms with Crippen molar-refractivity contribution in [3.63, 3.8) is 0 Å². The van der Waals surface area contributed by atoms with Crippen LogP contribution < -0.4 is 0 Å². The Morgan fingerprint density at radius 2 is 1.52 bits per heavy atom. The van der Waals surface area contributed by atoms with Crippen LogP contribution in [0.5, 0.6) is 0 Å². The normalized spacial score (nSPS) is 22.4. The molecule has 2 aromatic rings. The summed E-state index contributed by atoms with van der Waals surface area (Å²) >= 11 is 0. The van der Waals surface area contributed by atoms with Gasteiger partial charge in [-0.1, -0.05) is 36.4 Å². The van der Waals surface area contributed by atoms with Crippen LogP contribution in [0.15, 0.2) is 60.7 Å². The number of ether oxygens (including phenoxy) is 3. The van der Waals surface area contributed by atoms with Crippen molar-refractivity contribution in [2.45, 2.75) is 24.9 Å². The number of carbonyl (C=O) groups is 2. The van der Waals surface area contributed by atoms with E-state index >= 15 is 0 Å². The quantitative estimate of drug-likeness (QED) is 0.839. The van der Waals surface area contributed by atoms with E-state index in [-0.39, 0.29) is 13.0 Å². The molecule has 1 saturated heterocycles. The number of benzene rings is 2. The van der Waals surface area contributed by atoms with Crippen molar-refractivity contribution in [3.05, 3.63) is 71.8 Å². The van der Waals surface area contributed by atoms with Gasteiger partial charge in [-0.3, -0.25) is 0 Å². The largest absolute Gasteiger partial charge is 0.459 e. The standard InChI is InChI=1S/C19H18O6/c20-17-11-15(25-19(22)14-9-5-2-6-10-14)16(24-17)12-23-18(21)13-7-3-1-4-8-13/h1-10,15-17,20H,11-12H2/t15-,16-,17-/m0/s1. The van der Waals surface area contributed by atoms with Crippen LogP contribution in [0.4, 0.5) is 0 Å². The lowest BCUT2D eigenvalue weighted by molar-refractivity contribution is -0.110. The molecule has 0 spiro atoms. The van der Waals surface area contributed by atoms with E-state index in [1.807, 2.05) is 0 Å². The lowest BCUT2D eigenvalue weighted by atomic mass is 10.1. The highest BCUT2D eigenvalue weighted by Gasteiger charge is 2.38. The number of esters is 2. The van der Waals surface area contributed by atoms with E-state index in [1.165, 1.54) is 0 Å². The van der Waals surface area contributed by atoms with Gasteiger partial charge in [0.25, 0.3) is 0 Å². The van der Waals surface area contributed by atoms with Crippen LogP contribution in [0.3, 0.4) is 0 Å². The minimum Gasteiger partial charge on any atom is -0.459 e. The molecule has 0 amide bonds. The van der Waals surface area contributed by atoms with E-state index in [4.69, 9.17) is 14.2 Å². The van der Waals surface area contributed by atoms with Gasteiger partial charge in [0.15, 0.2) is 6.29 Å². The van der Waals surface area contributed by atoms with Crippen LogP contribution in [0.1, 0.15) is 27.1 Å². The Morgan fingerprint density at radius 3 is 2.12 bits per heavy atom. The third-order valence-corrected chi connectivity index (χ3v) is 3.84. The Bertz CT molecular complexity index is 715. The molecule has 1 aliphatic heterocycles. The second-order valence-corrected chi connectivity index (χ2v) is 5.64. The molecule has 6 heteroatoms. The molecule has 0 aromatic heterocycles. The number of hydrogen-bond donors (Lipinski definition) is 1. The zero-order chi connectivity index (χ0) is 17.6. The molecule has 1 N–H and O–H groups in total. The molecule has 0 radical (unpaired) electrons. The van der Waals surface area contributed by atoms with Crippen molar-refractivity contribution >= 4 is 11.9 Å². The van der Waals surface area contributed by atoms with Gasteiger partial charge in [0.2, 0.25) is 0 Å². The zero-order valence-corrected chi connectivity index (χ0v) is 13.4. The molecule has 130 valence electrons. The highest BCUT2D eigenvalue weighted by molar-refractivity contribution is 5.90. The van der Waals surface area contributed by atoms with Crippen molar-refractivity contribution in [1.29, 1.82) is 0 Å². The van der Waals surface area contributed by atoms with Crippen molar-refractivity contribution in [1.82, 2.24) is 0 Å². The number of aliphatic hydroxyl groups excluding tert-OH is 1. The van der Waals surface area contributed by atoms with Gasteiger partial charge in [-0.15, -0.1) is 0 Å². The molecule has 2 aromatic carbocycles. The minimum absolute atomic E-state index is 0.114. The van der Waals surface area contributed by atoms with Gasteiger partial charge in [0.1, 0.15) is 18.8 Å². The first-order valence-corrected chi connectivity index (χ1v) is 7.95. The molecular formula is C19H18O6. The van der Waals surface area contributed by atoms with Crippen LogP contribution in [-0.4, -0.2) is 42.1 Å². The summed E-state index contributed by atoms with van der Waals surface area (Å²) in [5, 5.41) is 9.68. The van der Waals surface area contributed by atoms with Crippen molar-refractivity contribution < 1.29 is 28.9 Å². The van der Waals surface area contributed by atoms with E-state index in [2.05, 4.69) is 0 Å². The predicted molar refractivity (Wildman–Crippen MR) is 87.9 cm³/mol. The lowest BCUT2D eigenvalue weighted by Gasteiger charge is -2.18. The Hall–Kier alpha value is -2.70. The first-order valence-electron chi connectivity index (χ1n) is 7.95. The first kappa shape index (κ1) is 17.1. The zero-order valence-electron chi connectivity index (χ0n) is 13.4. The Balaban J connectivity index is 1.58. The third kappa shape index (κ3) is 4.43. The van der Waals surface area contributed by atoms with Gasteiger partial charge in [-0.25, -0.2) is 9.59 Å². The molecule has 0 bridgehead atoms. The molecule has 3 rings (SSSR count). The maximum atomic E-state index is 12.1. The highest BCUT2D eigenvalue weighted by Crippen LogP contribution is 2.23. The van der Waals surface area contributed by atoms with Crippen LogP contribution in [0.2, 0.25) is 0 Å². The smallest absolute Gasteiger partial charge is 0.338 e. The molecule has 1 fully saturated rings. The van der Waals surface area contributed by atoms with E-state index in [9.17, 15) is 14.7 Å². The third-order valence-electron chi connectivity index (χ3n) is 3.84. The second-order valence-electron chi connectivity index (χ2n) is 5.64. The first-order chi connectivity index (χ1) is 12.1. The lowest BCUT2D eigenvalue weighted by Crippen LogP contribution is -2.32. The number of hydrogen-bond acceptors (Lipinski definition) is 6. The number of rotatable bonds is 5. The van der Waals surface area contributed by atoms with Gasteiger partial charge < -0.3 is 19.3 Å². The molecule has 3 atom stereocenters. The second kappa shape index (κ2) is 7.92. The fourth-order valence-electron chi connectivity index (χ4n) is 2.56. The van der Waals surface area contributed by atoms with Gasteiger partial charge in [-0.05, 0) is 24.3 Å². The average molecular weight is 342 g/mol. The average Bonchev–Trinajstić information content (AvgIpc) is 3.00. The summed E-state index contributed by atoms with van der Waals surface area (Å²) < 4.78 is 15.9. The van der Waals surface area contributed by atoms with Crippen molar-refractivity contribution in [2.75, 3.05) is 6.61 Å². The molecule has 0 unspecified atom stereocenters. The summed E-state index contributed by atoms with van der Waals surface area (Å²) in [5.74, 6) is -1.01. The fourth-order valence-corrected chi connectivity index (χ4v) is 2.56. The molecule has 0 aliphatic carbocycles. The molecule has 6 nitrogen and oxygen atoms in total. The maximum absolute atomic E-state index is 12.1. The van der Waals surface area contributed by atoms with Gasteiger partial charge in [0.05, 0.1) is 11.1 Å². The van der Waals surface area contributed by atoms with E-state index in [0.717, 1.165) is 0 Å². The number of aliphatic hydroxyl groups is 1. The molecule has 25 heavy (non-hydrogen) atoms. The number of carbonyl (C=O) groups excluding carboxylic acids is 2. The molecule has 1 aliphatic rings. The van der Waals surface area contributed by atoms with E-state index in [0.29, 0.717) is 11.1 Å². The Labute approximate surface area is 144 Å². The van der Waals surface area contributed by atoms with Crippen molar-refractivity contribution in [3.8, 4) is 0 Å². The molecule has 1 heterocycles. The monoisotopic (exact) mass is 342 g/mol. The highest BCUT2D eigenvalue weighted by atomic mass is 16.7. The van der Waals surface area contributed by atoms with Crippen LogP contribution in [0, 0.1) is 0 Å². The predicted octanol–water partition coefficient (Wildman–Crippen LogP) is 2.18. The van der Waals surface area contributed by atoms with Crippen LogP contribution in [0.25, 0.3) is 0 Å². The SMILES string of the molecule is O=C(OC[C@@H]1O[C@H](O)C[C@@H]1OC(=O)c1ccccc1)c1ccccc1. The van der Waals surface area contributed by atoms with Gasteiger partial charge >= 0.3 is 11.9 Å². The van der Waals surface area contributed by atoms with Gasteiger partial charge in [0, 0.05) is 6.42 Å². The summed E-state index contributed by atoms with van der Waals surface area (Å²) in [7, 11) is 0. The Kier molecular flexibility index (Phi) is 5.42. The van der Waals surface area contributed by atoms with E-state index < -0.39 is 30.4 Å². The molecular weight excluding hydrogens is 324 g/mol. The maximum Gasteiger partial charge on any atom is 0.338 e. The summed E-state index contributed by atoms with van der Waals surface area (Å²) in [6, 6.07) is 17.1. The summed E-state index contributed by atoms with van der Waals surface area (Å²) in [5.41, 5.74) is 0.822. The minimum atomic E-state index is -1.06. The van der Waals surface area contributed by atoms with Crippen LogP contribution in [-0.2, 0) is 14.2 Å². The van der Waals surface area contributed by atoms with Crippen LogP contribution >= 0.6 is 0 Å². The topological polar surface area (TPSA) is 82.1 Å². The summed E-state index contributed by atoms with van der Waals surface area (Å²) in [6.45, 7) is -0.114. The summed E-state index contributed by atoms with van der Waals surface area (Å²) in [4.78, 5) is 24.1. The van der Waals surface area contributed by atoms with E-state index in [1.54, 1.807) is 60.7 Å².